The van der Waals surface area contributed by atoms with Crippen molar-refractivity contribution in [3.63, 3.8) is 0 Å². The summed E-state index contributed by atoms with van der Waals surface area (Å²) in [4.78, 5) is 12.2. The van der Waals surface area contributed by atoms with Crippen LogP contribution < -0.4 is 14.9 Å². The molecular weight excluding hydrogens is 444 g/mol. The van der Waals surface area contributed by atoms with Crippen molar-refractivity contribution in [2.45, 2.75) is 20.5 Å². The highest BCUT2D eigenvalue weighted by Crippen LogP contribution is 2.37. The fourth-order valence-electron chi connectivity index (χ4n) is 2.73. The molecule has 1 N–H and O–H groups in total. The van der Waals surface area contributed by atoms with Gasteiger partial charge in [0.1, 0.15) is 6.61 Å². The molecule has 3 aromatic rings. The molecule has 0 atom stereocenters. The van der Waals surface area contributed by atoms with Crippen LogP contribution in [0.1, 0.15) is 34.0 Å². The van der Waals surface area contributed by atoms with Gasteiger partial charge >= 0.3 is 0 Å². The van der Waals surface area contributed by atoms with Gasteiger partial charge in [-0.1, -0.05) is 48.0 Å². The number of amides is 1. The Morgan fingerprint density at radius 1 is 1.07 bits per heavy atom. The largest absolute Gasteiger partial charge is 0.490 e. The average molecular weight is 467 g/mol. The summed E-state index contributed by atoms with van der Waals surface area (Å²) in [6, 6.07) is 20.9. The third kappa shape index (κ3) is 5.94. The Morgan fingerprint density at radius 3 is 2.50 bits per heavy atom. The van der Waals surface area contributed by atoms with Gasteiger partial charge in [-0.2, -0.15) is 5.10 Å². The summed E-state index contributed by atoms with van der Waals surface area (Å²) in [6.45, 7) is 4.82. The van der Waals surface area contributed by atoms with Crippen LogP contribution >= 0.6 is 15.9 Å². The van der Waals surface area contributed by atoms with Crippen LogP contribution in [0.3, 0.4) is 0 Å². The van der Waals surface area contributed by atoms with Gasteiger partial charge in [-0.15, -0.1) is 0 Å². The Balaban J connectivity index is 1.71. The minimum absolute atomic E-state index is 0.266. The first kappa shape index (κ1) is 21.6. The second-order valence-electron chi connectivity index (χ2n) is 6.60. The van der Waals surface area contributed by atoms with Gasteiger partial charge in [-0.25, -0.2) is 5.43 Å². The number of carbonyl (C=O) groups is 1. The van der Waals surface area contributed by atoms with Crippen molar-refractivity contribution in [2.75, 3.05) is 6.61 Å². The summed E-state index contributed by atoms with van der Waals surface area (Å²) >= 11 is 3.55. The molecule has 5 nitrogen and oxygen atoms in total. The van der Waals surface area contributed by atoms with E-state index in [9.17, 15) is 4.79 Å². The molecule has 0 aliphatic carbocycles. The number of rotatable bonds is 8. The maximum Gasteiger partial charge on any atom is 0.271 e. The maximum atomic E-state index is 12.2. The molecule has 0 saturated heterocycles. The number of ether oxygens (including phenoxy) is 2. The molecule has 30 heavy (non-hydrogen) atoms. The second kappa shape index (κ2) is 10.6. The van der Waals surface area contributed by atoms with Crippen molar-refractivity contribution in [3.05, 3.63) is 93.5 Å². The lowest BCUT2D eigenvalue weighted by molar-refractivity contribution is 0.0955. The number of nitrogens with zero attached hydrogens (tertiary/aromatic N) is 1. The molecule has 3 aromatic carbocycles. The molecule has 6 heteroatoms. The highest BCUT2D eigenvalue weighted by Gasteiger charge is 2.12. The molecule has 0 aliphatic rings. The minimum atomic E-state index is -0.266. The number of hydrazone groups is 1. The van der Waals surface area contributed by atoms with Crippen molar-refractivity contribution >= 4 is 28.1 Å². The van der Waals surface area contributed by atoms with Gasteiger partial charge in [0.2, 0.25) is 0 Å². The van der Waals surface area contributed by atoms with E-state index < -0.39 is 0 Å². The SMILES string of the molecule is CCOc1cc(/C=N/NC(=O)c2ccc(C)cc2)cc(Br)c1OCc1ccccc1. The second-order valence-corrected chi connectivity index (χ2v) is 7.46. The fourth-order valence-corrected chi connectivity index (χ4v) is 3.30. The predicted molar refractivity (Wildman–Crippen MR) is 122 cm³/mol. The lowest BCUT2D eigenvalue weighted by atomic mass is 10.1. The molecule has 0 spiro atoms. The molecule has 1 amide bonds. The van der Waals surface area contributed by atoms with Crippen LogP contribution in [-0.4, -0.2) is 18.7 Å². The molecule has 0 bridgehead atoms. The summed E-state index contributed by atoms with van der Waals surface area (Å²) in [5.41, 5.74) is 6.02. The lowest BCUT2D eigenvalue weighted by Gasteiger charge is -2.14. The molecule has 3 rings (SSSR count). The van der Waals surface area contributed by atoms with Gasteiger partial charge < -0.3 is 9.47 Å². The molecular formula is C24H23BrN2O3. The molecule has 0 aromatic heterocycles. The third-order valence-corrected chi connectivity index (χ3v) is 4.84. The van der Waals surface area contributed by atoms with E-state index >= 15 is 0 Å². The zero-order valence-electron chi connectivity index (χ0n) is 16.9. The Labute approximate surface area is 184 Å². The summed E-state index contributed by atoms with van der Waals surface area (Å²) < 4.78 is 12.5. The van der Waals surface area contributed by atoms with Crippen molar-refractivity contribution in [2.24, 2.45) is 5.10 Å². The maximum absolute atomic E-state index is 12.2. The van der Waals surface area contributed by atoms with E-state index in [0.29, 0.717) is 30.3 Å². The lowest BCUT2D eigenvalue weighted by Crippen LogP contribution is -2.17. The van der Waals surface area contributed by atoms with Crippen LogP contribution in [0.25, 0.3) is 0 Å². The zero-order chi connectivity index (χ0) is 21.3. The van der Waals surface area contributed by atoms with E-state index in [2.05, 4.69) is 26.5 Å². The number of aryl methyl sites for hydroxylation is 1. The summed E-state index contributed by atoms with van der Waals surface area (Å²) in [6.07, 6.45) is 1.57. The van der Waals surface area contributed by atoms with Crippen molar-refractivity contribution in [1.82, 2.24) is 5.43 Å². The molecule has 0 radical (unpaired) electrons. The normalized spacial score (nSPS) is 10.8. The predicted octanol–water partition coefficient (Wildman–Crippen LogP) is 5.50. The Bertz CT molecular complexity index is 1020. The van der Waals surface area contributed by atoms with Gasteiger partial charge in [0.05, 0.1) is 17.3 Å². The molecule has 154 valence electrons. The monoisotopic (exact) mass is 466 g/mol. The molecule has 0 aliphatic heterocycles. The first-order valence-corrected chi connectivity index (χ1v) is 10.4. The van der Waals surface area contributed by atoms with E-state index in [1.165, 1.54) is 0 Å². The van der Waals surface area contributed by atoms with Gasteiger partial charge in [0.25, 0.3) is 5.91 Å². The summed E-state index contributed by atoms with van der Waals surface area (Å²) in [7, 11) is 0. The van der Waals surface area contributed by atoms with E-state index in [4.69, 9.17) is 9.47 Å². The van der Waals surface area contributed by atoms with E-state index in [1.54, 1.807) is 18.3 Å². The molecule has 0 unspecified atom stereocenters. The van der Waals surface area contributed by atoms with Crippen LogP contribution in [-0.2, 0) is 6.61 Å². The number of carbonyl (C=O) groups excluding carboxylic acids is 1. The number of hydrogen-bond donors (Lipinski definition) is 1. The van der Waals surface area contributed by atoms with Gasteiger partial charge in [-0.05, 0) is 65.2 Å². The van der Waals surface area contributed by atoms with Crippen LogP contribution in [0.2, 0.25) is 0 Å². The molecule has 0 saturated carbocycles. The standard InChI is InChI=1S/C24H23BrN2O3/c1-3-29-22-14-19(15-26-27-24(28)20-11-9-17(2)10-12-20)13-21(25)23(22)30-16-18-7-5-4-6-8-18/h4-15H,3,16H2,1-2H3,(H,27,28)/b26-15+. The summed E-state index contributed by atoms with van der Waals surface area (Å²) in [5, 5.41) is 4.06. The van der Waals surface area contributed by atoms with Crippen LogP contribution in [0.15, 0.2) is 76.3 Å². The van der Waals surface area contributed by atoms with Crippen molar-refractivity contribution in [1.29, 1.82) is 0 Å². The first-order valence-electron chi connectivity index (χ1n) is 9.60. The van der Waals surface area contributed by atoms with Crippen molar-refractivity contribution in [3.8, 4) is 11.5 Å². The average Bonchev–Trinajstić information content (AvgIpc) is 2.74. The van der Waals surface area contributed by atoms with Crippen molar-refractivity contribution < 1.29 is 14.3 Å². The quantitative estimate of drug-likeness (QED) is 0.352. The Hall–Kier alpha value is -3.12. The van der Waals surface area contributed by atoms with Crippen LogP contribution in [0, 0.1) is 6.92 Å². The van der Waals surface area contributed by atoms with Gasteiger partial charge in [-0.3, -0.25) is 4.79 Å². The molecule has 0 fully saturated rings. The van der Waals surface area contributed by atoms with E-state index in [0.717, 1.165) is 21.2 Å². The Morgan fingerprint density at radius 2 is 1.80 bits per heavy atom. The van der Waals surface area contributed by atoms with E-state index in [-0.39, 0.29) is 5.91 Å². The first-order chi connectivity index (χ1) is 14.6. The smallest absolute Gasteiger partial charge is 0.271 e. The number of hydrogen-bond acceptors (Lipinski definition) is 4. The van der Waals surface area contributed by atoms with Crippen LogP contribution in [0.5, 0.6) is 11.5 Å². The minimum Gasteiger partial charge on any atom is -0.490 e. The third-order valence-electron chi connectivity index (χ3n) is 4.25. The molecule has 0 heterocycles. The Kier molecular flexibility index (Phi) is 7.63. The van der Waals surface area contributed by atoms with Gasteiger partial charge in [0, 0.05) is 5.56 Å². The highest BCUT2D eigenvalue weighted by molar-refractivity contribution is 9.10. The number of benzene rings is 3. The number of halogens is 1. The summed E-state index contributed by atoms with van der Waals surface area (Å²) in [5.74, 6) is 0.967. The fraction of sp³-hybridized carbons (Fsp3) is 0.167. The number of nitrogens with one attached hydrogen (secondary N) is 1. The highest BCUT2D eigenvalue weighted by atomic mass is 79.9. The van der Waals surface area contributed by atoms with Crippen LogP contribution in [0.4, 0.5) is 0 Å². The zero-order valence-corrected chi connectivity index (χ0v) is 18.5. The van der Waals surface area contributed by atoms with Gasteiger partial charge in [0.15, 0.2) is 11.5 Å². The topological polar surface area (TPSA) is 59.9 Å². The van der Waals surface area contributed by atoms with E-state index in [1.807, 2.05) is 68.4 Å².